The molecule has 332 valence electrons. The highest BCUT2D eigenvalue weighted by Crippen LogP contribution is 2.57. The van der Waals surface area contributed by atoms with Crippen LogP contribution in [-0.2, 0) is 5.41 Å². The summed E-state index contributed by atoms with van der Waals surface area (Å²) in [6, 6.07) is 96.5. The van der Waals surface area contributed by atoms with Gasteiger partial charge < -0.3 is 14.0 Å². The summed E-state index contributed by atoms with van der Waals surface area (Å²) in [7, 11) is 0. The SMILES string of the molecule is c1ccc(-n2c3ccccc3c3cc(N(c4ccc(-n5c6ccccc6c6c7sc8ccccc8c7ccc65)cc4)c4ccc5c(c4)C(c4ccccc4)(c4ccccc4)c4ccccc4-5)ccc32)cc1. The van der Waals surface area contributed by atoms with Gasteiger partial charge in [-0.2, -0.15) is 0 Å². The van der Waals surface area contributed by atoms with Crippen molar-refractivity contribution in [2.45, 2.75) is 5.41 Å². The first kappa shape index (κ1) is 40.0. The van der Waals surface area contributed by atoms with Gasteiger partial charge in [-0.3, -0.25) is 0 Å². The molecular formula is C67H43N3S. The lowest BCUT2D eigenvalue weighted by Crippen LogP contribution is -2.28. The number of hydrogen-bond acceptors (Lipinski definition) is 2. The van der Waals surface area contributed by atoms with Crippen molar-refractivity contribution in [3.8, 4) is 22.5 Å². The number of anilines is 3. The molecule has 3 aromatic heterocycles. The summed E-state index contributed by atoms with van der Waals surface area (Å²) in [4.78, 5) is 2.47. The highest BCUT2D eigenvalue weighted by Gasteiger charge is 2.46. The second-order valence-corrected chi connectivity index (χ2v) is 19.8. The molecule has 71 heavy (non-hydrogen) atoms. The van der Waals surface area contributed by atoms with E-state index < -0.39 is 5.41 Å². The van der Waals surface area contributed by atoms with Gasteiger partial charge >= 0.3 is 0 Å². The van der Waals surface area contributed by atoms with Crippen LogP contribution in [-0.4, -0.2) is 9.13 Å². The molecule has 0 saturated heterocycles. The predicted molar refractivity (Wildman–Crippen MR) is 300 cm³/mol. The van der Waals surface area contributed by atoms with Crippen LogP contribution in [0.25, 0.3) is 86.3 Å². The second-order valence-electron chi connectivity index (χ2n) is 18.8. The van der Waals surface area contributed by atoms with Gasteiger partial charge in [-0.05, 0) is 124 Å². The third-order valence-corrected chi connectivity index (χ3v) is 16.4. The van der Waals surface area contributed by atoms with E-state index in [2.05, 4.69) is 275 Å². The Morgan fingerprint density at radius 2 is 0.845 bits per heavy atom. The monoisotopic (exact) mass is 921 g/mol. The Morgan fingerprint density at radius 1 is 0.324 bits per heavy atom. The van der Waals surface area contributed by atoms with Crippen LogP contribution in [0, 0.1) is 0 Å². The fourth-order valence-electron chi connectivity index (χ4n) is 12.2. The lowest BCUT2D eigenvalue weighted by Gasteiger charge is -2.35. The van der Waals surface area contributed by atoms with E-state index in [0.29, 0.717) is 0 Å². The van der Waals surface area contributed by atoms with Gasteiger partial charge in [0.2, 0.25) is 0 Å². The lowest BCUT2D eigenvalue weighted by molar-refractivity contribution is 0.768. The summed E-state index contributed by atoms with van der Waals surface area (Å²) in [5, 5.41) is 7.65. The van der Waals surface area contributed by atoms with Crippen molar-refractivity contribution in [1.82, 2.24) is 9.13 Å². The van der Waals surface area contributed by atoms with E-state index in [1.54, 1.807) is 0 Å². The number of benzene rings is 11. The number of hydrogen-bond donors (Lipinski definition) is 0. The Hall–Kier alpha value is -8.96. The van der Waals surface area contributed by atoms with E-state index in [4.69, 9.17) is 0 Å². The third-order valence-electron chi connectivity index (χ3n) is 15.2. The molecule has 0 spiro atoms. The van der Waals surface area contributed by atoms with Crippen LogP contribution in [0.5, 0.6) is 0 Å². The van der Waals surface area contributed by atoms with E-state index in [1.807, 2.05) is 11.3 Å². The van der Waals surface area contributed by atoms with Gasteiger partial charge in [-0.15, -0.1) is 11.3 Å². The molecule has 3 nitrogen and oxygen atoms in total. The zero-order valence-electron chi connectivity index (χ0n) is 38.6. The molecule has 11 aromatic carbocycles. The molecule has 0 unspecified atom stereocenters. The van der Waals surface area contributed by atoms with Crippen molar-refractivity contribution in [2.75, 3.05) is 4.90 Å². The van der Waals surface area contributed by atoms with E-state index >= 15 is 0 Å². The first-order valence-electron chi connectivity index (χ1n) is 24.4. The van der Waals surface area contributed by atoms with E-state index in [0.717, 1.165) is 28.4 Å². The van der Waals surface area contributed by atoms with Gasteiger partial charge in [0, 0.05) is 70.2 Å². The molecule has 0 saturated carbocycles. The van der Waals surface area contributed by atoms with Crippen molar-refractivity contribution in [3.63, 3.8) is 0 Å². The van der Waals surface area contributed by atoms with Gasteiger partial charge in [-0.1, -0.05) is 170 Å². The fraction of sp³-hybridized carbons (Fsp3) is 0.0149. The average molecular weight is 922 g/mol. The lowest BCUT2D eigenvalue weighted by atomic mass is 9.67. The summed E-state index contributed by atoms with van der Waals surface area (Å²) < 4.78 is 7.51. The zero-order valence-corrected chi connectivity index (χ0v) is 39.4. The maximum atomic E-state index is 2.48. The number of aromatic nitrogens is 2. The summed E-state index contributed by atoms with van der Waals surface area (Å²) >= 11 is 1.90. The minimum atomic E-state index is -0.538. The number of fused-ring (bicyclic) bond motifs is 13. The third kappa shape index (κ3) is 5.77. The molecule has 0 radical (unpaired) electrons. The Bertz CT molecular complexity index is 4350. The Labute approximate surface area is 415 Å². The minimum absolute atomic E-state index is 0.538. The number of thiophene rings is 1. The van der Waals surface area contributed by atoms with Crippen molar-refractivity contribution in [3.05, 3.63) is 283 Å². The second kappa shape index (κ2) is 15.5. The van der Waals surface area contributed by atoms with Crippen LogP contribution in [0.1, 0.15) is 22.3 Å². The maximum absolute atomic E-state index is 2.48. The zero-order chi connectivity index (χ0) is 46.6. The van der Waals surface area contributed by atoms with Crippen LogP contribution >= 0.6 is 11.3 Å². The fourth-order valence-corrected chi connectivity index (χ4v) is 13.5. The summed E-state index contributed by atoms with van der Waals surface area (Å²) in [6.45, 7) is 0. The standard InChI is InChI=1S/C67H43N3S/c1-4-18-44(19-5-1)67(45-20-6-2-7-21-45)58-28-14-10-24-51(58)52-38-36-50(43-59(52)67)68(49-37-40-62-57(42-49)53-25-11-15-29-60(53)69(62)46-22-8-3-9-23-46)47-32-34-48(35-33-47)70-61-30-16-12-27-56(61)65-63(70)41-39-55-54-26-13-17-31-64(54)71-66(55)65/h1-43H. The molecule has 0 N–H and O–H groups in total. The summed E-state index contributed by atoms with van der Waals surface area (Å²) in [6.07, 6.45) is 0. The normalized spacial score (nSPS) is 12.9. The van der Waals surface area contributed by atoms with E-state index in [-0.39, 0.29) is 0 Å². The van der Waals surface area contributed by atoms with Crippen LogP contribution in [0.2, 0.25) is 0 Å². The Balaban J connectivity index is 0.964. The van der Waals surface area contributed by atoms with Crippen LogP contribution in [0.3, 0.4) is 0 Å². The highest BCUT2D eigenvalue weighted by atomic mass is 32.1. The molecule has 4 heteroatoms. The largest absolute Gasteiger partial charge is 0.310 e. The van der Waals surface area contributed by atoms with Gasteiger partial charge in [0.05, 0.1) is 27.5 Å². The molecule has 0 amide bonds. The first-order chi connectivity index (χ1) is 35.2. The summed E-state index contributed by atoms with van der Waals surface area (Å²) in [5.41, 5.74) is 17.4. The average Bonchev–Trinajstić information content (AvgIpc) is 4.18. The number of nitrogens with zero attached hydrogens (tertiary/aromatic N) is 3. The molecule has 1 aliphatic carbocycles. The van der Waals surface area contributed by atoms with Crippen molar-refractivity contribution in [2.24, 2.45) is 0 Å². The maximum Gasteiger partial charge on any atom is 0.0714 e. The van der Waals surface area contributed by atoms with Crippen LogP contribution in [0.4, 0.5) is 17.1 Å². The Kier molecular flexibility index (Phi) is 8.74. The molecule has 0 bridgehead atoms. The van der Waals surface area contributed by atoms with Crippen molar-refractivity contribution < 1.29 is 0 Å². The van der Waals surface area contributed by atoms with Gasteiger partial charge in [-0.25, -0.2) is 0 Å². The molecule has 0 aliphatic heterocycles. The molecule has 3 heterocycles. The number of rotatable bonds is 7. The summed E-state index contributed by atoms with van der Waals surface area (Å²) in [5.74, 6) is 0. The van der Waals surface area contributed by atoms with Crippen molar-refractivity contribution >= 4 is 92.2 Å². The molecule has 0 fully saturated rings. The first-order valence-corrected chi connectivity index (χ1v) is 25.2. The highest BCUT2D eigenvalue weighted by molar-refractivity contribution is 7.26. The predicted octanol–water partition coefficient (Wildman–Crippen LogP) is 18.1. The molecule has 14 aromatic rings. The van der Waals surface area contributed by atoms with Crippen LogP contribution < -0.4 is 4.90 Å². The number of para-hydroxylation sites is 3. The molecule has 1 aliphatic rings. The van der Waals surface area contributed by atoms with Gasteiger partial charge in [0.25, 0.3) is 0 Å². The van der Waals surface area contributed by atoms with Gasteiger partial charge in [0.1, 0.15) is 0 Å². The van der Waals surface area contributed by atoms with E-state index in [1.165, 1.54) is 97.2 Å². The van der Waals surface area contributed by atoms with E-state index in [9.17, 15) is 0 Å². The minimum Gasteiger partial charge on any atom is -0.310 e. The topological polar surface area (TPSA) is 13.1 Å². The molecular weight excluding hydrogens is 879 g/mol. The van der Waals surface area contributed by atoms with Crippen molar-refractivity contribution in [1.29, 1.82) is 0 Å². The quantitative estimate of drug-likeness (QED) is 0.155. The molecule has 0 atom stereocenters. The van der Waals surface area contributed by atoms with Crippen LogP contribution in [0.15, 0.2) is 261 Å². The Morgan fingerprint density at radius 3 is 1.61 bits per heavy atom. The molecule has 15 rings (SSSR count). The van der Waals surface area contributed by atoms with Gasteiger partial charge in [0.15, 0.2) is 0 Å². The smallest absolute Gasteiger partial charge is 0.0714 e.